The van der Waals surface area contributed by atoms with Gasteiger partial charge in [0, 0.05) is 24.1 Å². The third kappa shape index (κ3) is 16.0. The number of primary amides is 1. The van der Waals surface area contributed by atoms with E-state index in [1.807, 2.05) is 61.3 Å². The summed E-state index contributed by atoms with van der Waals surface area (Å²) in [6, 6.07) is 15.4. The van der Waals surface area contributed by atoms with E-state index in [0.29, 0.717) is 18.9 Å². The third-order valence-electron chi connectivity index (χ3n) is 8.26. The van der Waals surface area contributed by atoms with Crippen molar-refractivity contribution in [1.82, 2.24) is 35.5 Å². The second kappa shape index (κ2) is 25.3. The van der Waals surface area contributed by atoms with Crippen LogP contribution in [-0.4, -0.2) is 89.6 Å². The molecular formula is C43H60N8O6. The van der Waals surface area contributed by atoms with Crippen LogP contribution in [0, 0.1) is 23.7 Å². The van der Waals surface area contributed by atoms with Crippen LogP contribution in [0.25, 0.3) is 22.5 Å². The first-order valence-corrected chi connectivity index (χ1v) is 19.2. The van der Waals surface area contributed by atoms with Crippen molar-refractivity contribution in [3.63, 3.8) is 0 Å². The molecule has 1 fully saturated rings. The summed E-state index contributed by atoms with van der Waals surface area (Å²) < 4.78 is 8.59. The van der Waals surface area contributed by atoms with E-state index < -0.39 is 12.1 Å². The molecule has 4 aromatic rings. The van der Waals surface area contributed by atoms with E-state index in [1.165, 1.54) is 20.6 Å². The van der Waals surface area contributed by atoms with Gasteiger partial charge < -0.3 is 40.7 Å². The fraction of sp³-hybridized carbons (Fsp3) is 0.442. The molecule has 2 aromatic heterocycles. The number of methoxy groups -OCH3 is 2. The summed E-state index contributed by atoms with van der Waals surface area (Å²) in [6.07, 6.45) is 6.93. The lowest BCUT2D eigenvalue weighted by Crippen LogP contribution is -2.51. The molecule has 3 heterocycles. The smallest absolute Gasteiger partial charge is 0.407 e. The van der Waals surface area contributed by atoms with Crippen LogP contribution < -0.4 is 16.4 Å². The van der Waals surface area contributed by atoms with Crippen molar-refractivity contribution in [3.05, 3.63) is 83.7 Å². The highest BCUT2D eigenvalue weighted by atomic mass is 16.5. The van der Waals surface area contributed by atoms with Gasteiger partial charge in [-0.15, -0.1) is 0 Å². The molecule has 0 aliphatic carbocycles. The highest BCUT2D eigenvalue weighted by Crippen LogP contribution is 2.32. The molecule has 14 nitrogen and oxygen atoms in total. The first kappa shape index (κ1) is 47.2. The zero-order valence-corrected chi connectivity index (χ0v) is 34.8. The average Bonchev–Trinajstić information content (AvgIpc) is 3.98. The quantitative estimate of drug-likeness (QED) is 0.0894. The number of hydrogen-bond acceptors (Lipinski definition) is 9. The number of nitrogens with two attached hydrogens (primary N) is 1. The Bertz CT molecular complexity index is 1870. The molecule has 6 N–H and O–H groups in total. The van der Waals surface area contributed by atoms with Gasteiger partial charge in [-0.2, -0.15) is 0 Å². The van der Waals surface area contributed by atoms with Gasteiger partial charge in [-0.25, -0.2) is 14.8 Å². The molecule has 0 radical (unpaired) electrons. The van der Waals surface area contributed by atoms with Crippen molar-refractivity contribution in [3.8, 4) is 34.4 Å². The lowest BCUT2D eigenvalue weighted by molar-refractivity contribution is -0.135. The van der Waals surface area contributed by atoms with E-state index in [2.05, 4.69) is 87.0 Å². The summed E-state index contributed by atoms with van der Waals surface area (Å²) >= 11 is 0. The molecule has 57 heavy (non-hydrogen) atoms. The first-order chi connectivity index (χ1) is 27.3. The molecule has 0 spiro atoms. The summed E-state index contributed by atoms with van der Waals surface area (Å²) in [7, 11) is 4.28. The Morgan fingerprint density at radius 1 is 0.930 bits per heavy atom. The Balaban J connectivity index is 0.000000751. The van der Waals surface area contributed by atoms with Crippen LogP contribution in [0.1, 0.15) is 89.6 Å². The van der Waals surface area contributed by atoms with E-state index >= 15 is 0 Å². The molecule has 1 aliphatic rings. The molecule has 0 saturated carbocycles. The van der Waals surface area contributed by atoms with Crippen LogP contribution in [-0.2, 0) is 30.3 Å². The number of H-pyrrole nitrogens is 2. The predicted octanol–water partition coefficient (Wildman–Crippen LogP) is 6.01. The van der Waals surface area contributed by atoms with Gasteiger partial charge in [-0.3, -0.25) is 14.4 Å². The summed E-state index contributed by atoms with van der Waals surface area (Å²) in [5, 5.41) is 5.28. The zero-order valence-electron chi connectivity index (χ0n) is 34.8. The minimum Gasteiger partial charge on any atom is -0.471 e. The Morgan fingerprint density at radius 2 is 1.46 bits per heavy atom. The minimum atomic E-state index is -0.664. The number of ether oxygens (including phenoxy) is 2. The van der Waals surface area contributed by atoms with Gasteiger partial charge in [-0.05, 0) is 67.1 Å². The molecule has 3 amide bonds. The number of amides is 3. The van der Waals surface area contributed by atoms with Crippen molar-refractivity contribution in [2.75, 3.05) is 34.4 Å². The Labute approximate surface area is 337 Å². The normalized spacial score (nSPS) is 13.3. The number of likely N-dealkylation sites (N-methyl/N-ethyl adjacent to an activating group) is 1. The lowest BCUT2D eigenvalue weighted by atomic mass is 10.0. The second-order valence-corrected chi connectivity index (χ2v) is 14.0. The van der Waals surface area contributed by atoms with Crippen LogP contribution in [0.4, 0.5) is 4.79 Å². The highest BCUT2D eigenvalue weighted by molar-refractivity contribution is 5.86. The number of carbonyl (C=O) groups is 4. The Hall–Kier alpha value is -5.94. The van der Waals surface area contributed by atoms with Crippen molar-refractivity contribution in [2.45, 2.75) is 79.3 Å². The van der Waals surface area contributed by atoms with E-state index in [9.17, 15) is 14.4 Å². The third-order valence-corrected chi connectivity index (χ3v) is 8.26. The summed E-state index contributed by atoms with van der Waals surface area (Å²) in [4.78, 5) is 61.7. The van der Waals surface area contributed by atoms with Gasteiger partial charge >= 0.3 is 6.09 Å². The van der Waals surface area contributed by atoms with Crippen LogP contribution in [0.3, 0.4) is 0 Å². The van der Waals surface area contributed by atoms with Gasteiger partial charge in [0.2, 0.25) is 11.8 Å². The maximum atomic E-state index is 13.4. The minimum absolute atomic E-state index is 0.0825. The summed E-state index contributed by atoms with van der Waals surface area (Å²) in [5.41, 5.74) is 10.5. The van der Waals surface area contributed by atoms with Crippen molar-refractivity contribution < 1.29 is 28.7 Å². The molecule has 5 rings (SSSR count). The Morgan fingerprint density at radius 3 is 1.89 bits per heavy atom. The number of aromatic nitrogens is 4. The number of nitrogens with zero attached hydrogens (tertiary/aromatic N) is 3. The molecule has 1 aliphatic heterocycles. The van der Waals surface area contributed by atoms with Crippen LogP contribution in [0.15, 0.2) is 60.9 Å². The summed E-state index contributed by atoms with van der Waals surface area (Å²) in [5.74, 6) is 8.28. The molecular weight excluding hydrogens is 725 g/mol. The zero-order chi connectivity index (χ0) is 42.3. The molecule has 0 bridgehead atoms. The van der Waals surface area contributed by atoms with E-state index in [4.69, 9.17) is 15.3 Å². The summed E-state index contributed by atoms with van der Waals surface area (Å²) in [6.45, 7) is 13.7. The number of likely N-dealkylation sites (tertiary alicyclic amines) is 1. The number of rotatable bonds is 11. The number of aromatic amines is 2. The first-order valence-electron chi connectivity index (χ1n) is 19.2. The fourth-order valence-corrected chi connectivity index (χ4v) is 5.63. The number of hydrogen-bond donors (Lipinski definition) is 5. The SMILES string of the molecule is CCC.CNCC(N)=O.COC(=O)NC(C(=O)N1CCCC1c1ncc(-c2ccc(C#Cc3ccc(-c4cnc(CC(C)C)[nH]4)cc3)cc2)[nH]1)C(C)C.COC=O. The second-order valence-electron chi connectivity index (χ2n) is 14.0. The van der Waals surface area contributed by atoms with Crippen LogP contribution in [0.2, 0.25) is 0 Å². The highest BCUT2D eigenvalue weighted by Gasteiger charge is 2.37. The maximum absolute atomic E-state index is 13.4. The average molecular weight is 785 g/mol. The van der Waals surface area contributed by atoms with E-state index in [0.717, 1.165) is 64.6 Å². The fourth-order valence-electron chi connectivity index (χ4n) is 5.63. The number of benzene rings is 2. The van der Waals surface area contributed by atoms with E-state index in [1.54, 1.807) is 13.2 Å². The number of carbonyl (C=O) groups excluding carboxylic acids is 4. The number of nitrogens with one attached hydrogen (secondary N) is 4. The molecule has 14 heteroatoms. The standard InChI is InChI=1S/C35H40N6O3.C3H8N2O.C3H8.C2H4O2/c1-22(2)19-31-36-20-28(38-31)26-14-10-24(11-15-26)8-9-25-12-16-27(17-13-25)29-21-37-33(39-29)30-7-6-18-41(30)34(42)32(23(3)4)40-35(43)44-5;1-5-2-3(4)6;1-3-2;1-4-2-3/h10-17,20-23,30,32H,6-7,18-19H2,1-5H3,(H,36,38)(H,37,39)(H,40,43);5H,2H2,1H3,(H2,4,6);3H2,1-2H3;2H,1H3. The van der Waals surface area contributed by atoms with Crippen LogP contribution >= 0.6 is 0 Å². The molecule has 308 valence electrons. The Kier molecular flexibility index (Phi) is 20.9. The molecule has 2 aromatic carbocycles. The van der Waals surface area contributed by atoms with Gasteiger partial charge in [0.05, 0.1) is 50.6 Å². The lowest BCUT2D eigenvalue weighted by Gasteiger charge is -2.30. The maximum Gasteiger partial charge on any atom is 0.407 e. The van der Waals surface area contributed by atoms with Crippen molar-refractivity contribution in [2.24, 2.45) is 17.6 Å². The monoisotopic (exact) mass is 784 g/mol. The number of alkyl carbamates (subject to hydrolysis) is 1. The van der Waals surface area contributed by atoms with Crippen molar-refractivity contribution >= 4 is 24.4 Å². The molecule has 2 unspecified atom stereocenters. The molecule has 2 atom stereocenters. The van der Waals surface area contributed by atoms with Crippen molar-refractivity contribution in [1.29, 1.82) is 0 Å². The largest absolute Gasteiger partial charge is 0.471 e. The van der Waals surface area contributed by atoms with Gasteiger partial charge in [0.25, 0.3) is 6.47 Å². The molecule has 1 saturated heterocycles. The van der Waals surface area contributed by atoms with Gasteiger partial charge in [0.1, 0.15) is 17.7 Å². The van der Waals surface area contributed by atoms with E-state index in [-0.39, 0.29) is 30.3 Å². The van der Waals surface area contributed by atoms with Gasteiger partial charge in [0.15, 0.2) is 0 Å². The topological polar surface area (TPSA) is 197 Å². The predicted molar refractivity (Wildman–Crippen MR) is 223 cm³/mol. The van der Waals surface area contributed by atoms with Crippen LogP contribution in [0.5, 0.6) is 0 Å². The number of imidazole rings is 2. The van der Waals surface area contributed by atoms with Gasteiger partial charge in [-0.1, -0.05) is 84.1 Å².